The predicted molar refractivity (Wildman–Crippen MR) is 87.1 cm³/mol. The van der Waals surface area contributed by atoms with E-state index in [0.29, 0.717) is 0 Å². The number of hydrogen-bond donors (Lipinski definition) is 0. The average Bonchev–Trinajstić information content (AvgIpc) is 2.80. The Bertz CT molecular complexity index is 752. The number of aryl methyl sites for hydroxylation is 2. The summed E-state index contributed by atoms with van der Waals surface area (Å²) in [6.07, 6.45) is 2.98. The first-order chi connectivity index (χ1) is 10.6. The van der Waals surface area contributed by atoms with Gasteiger partial charge in [-0.05, 0) is 0 Å². The smallest absolute Gasteiger partial charge is 0.388 e. The zero-order chi connectivity index (χ0) is 16.1. The number of hydrogen-bond acceptors (Lipinski definition) is 0. The van der Waals surface area contributed by atoms with E-state index in [9.17, 15) is 0 Å². The van der Waals surface area contributed by atoms with Gasteiger partial charge in [0.1, 0.15) is 14.1 Å². The molecule has 23 heavy (non-hydrogen) atoms. The van der Waals surface area contributed by atoms with Crippen molar-refractivity contribution < 1.29 is 45.1 Å². The van der Waals surface area contributed by atoms with E-state index < -0.39 is 0 Å². The summed E-state index contributed by atoms with van der Waals surface area (Å²) in [5.41, 5.74) is 3.55. The second-order valence-corrected chi connectivity index (χ2v) is 5.06. The molecule has 3 aromatic rings. The van der Waals surface area contributed by atoms with Gasteiger partial charge in [0.15, 0.2) is 14.1 Å². The molecular weight excluding hydrogens is 510 g/mol. The van der Waals surface area contributed by atoms with Crippen LogP contribution in [0.1, 0.15) is 6.92 Å². The third-order valence-corrected chi connectivity index (χ3v) is 3.84. The van der Waals surface area contributed by atoms with Gasteiger partial charge < -0.3 is 4.58 Å². The Morgan fingerprint density at radius 3 is 1.96 bits per heavy atom. The van der Waals surface area contributed by atoms with E-state index in [1.54, 1.807) is 0 Å². The van der Waals surface area contributed by atoms with Crippen LogP contribution in [0.4, 0.5) is 5.69 Å². The first kappa shape index (κ1) is 19.6. The largest absolute Gasteiger partial charge is 2.00 e. The molecule has 1 heterocycles. The molecule has 0 fully saturated rings. The van der Waals surface area contributed by atoms with E-state index >= 15 is 0 Å². The van der Waals surface area contributed by atoms with Crippen molar-refractivity contribution in [1.82, 2.24) is 4.80 Å². The maximum absolute atomic E-state index is 3.08. The molecule has 0 aliphatic rings. The summed E-state index contributed by atoms with van der Waals surface area (Å²) in [4.78, 5) is 2.07. The molecule has 0 atom stereocenters. The number of nitrogens with zero attached hydrogens (tertiary/aromatic N) is 4. The first-order valence-corrected chi connectivity index (χ1v) is 7.24. The monoisotopic (exact) mass is 533 g/mol. The van der Waals surface area contributed by atoms with Crippen molar-refractivity contribution in [2.45, 2.75) is 6.92 Å². The van der Waals surface area contributed by atoms with E-state index in [1.165, 1.54) is 11.0 Å². The van der Waals surface area contributed by atoms with Gasteiger partial charge in [-0.25, -0.2) is 6.07 Å². The molecule has 0 aliphatic carbocycles. The fourth-order valence-electron chi connectivity index (χ4n) is 2.24. The van der Waals surface area contributed by atoms with Gasteiger partial charge in [-0.1, -0.05) is 34.1 Å². The van der Waals surface area contributed by atoms with Gasteiger partial charge in [-0.3, -0.25) is 0 Å². The molecule has 2 aromatic carbocycles. The molecule has 1 aromatic heterocycles. The summed E-state index contributed by atoms with van der Waals surface area (Å²) >= 11 is 0. The number of fused-ring (bicyclic) bond motifs is 1. The third-order valence-electron chi connectivity index (χ3n) is 3.84. The van der Waals surface area contributed by atoms with Gasteiger partial charge in [0.05, 0.1) is 0 Å². The fraction of sp³-hybridized carbons (Fsp3) is 0.278. The van der Waals surface area contributed by atoms with E-state index in [2.05, 4.69) is 64.8 Å². The molecule has 5 heteroatoms. The molecule has 0 aliphatic heterocycles. The summed E-state index contributed by atoms with van der Waals surface area (Å²) in [6, 6.07) is 19.3. The van der Waals surface area contributed by atoms with Gasteiger partial charge in [0, 0.05) is 23.1 Å². The quantitative estimate of drug-likeness (QED) is 0.257. The zero-order valence-electron chi connectivity index (χ0n) is 14.4. The minimum Gasteiger partial charge on any atom is -0.388 e. The Labute approximate surface area is 162 Å². The van der Waals surface area contributed by atoms with Crippen LogP contribution in [0.15, 0.2) is 48.5 Å². The Hall–Kier alpha value is -1.44. The van der Waals surface area contributed by atoms with E-state index in [-0.39, 0.29) is 31.1 Å². The Morgan fingerprint density at radius 2 is 1.52 bits per heavy atom. The topological polar surface area (TPSA) is 15.7 Å². The molecular formula is C18H23N4U+3. The van der Waals surface area contributed by atoms with Crippen LogP contribution in [0, 0.1) is 37.2 Å². The second-order valence-electron chi connectivity index (χ2n) is 5.06. The first-order valence-electron chi connectivity index (χ1n) is 7.24. The number of para-hydroxylation sites is 3. The molecule has 116 valence electrons. The van der Waals surface area contributed by atoms with Crippen molar-refractivity contribution in [3.05, 3.63) is 54.6 Å². The van der Waals surface area contributed by atoms with E-state index in [4.69, 9.17) is 0 Å². The predicted octanol–water partition coefficient (Wildman–Crippen LogP) is 1.56. The van der Waals surface area contributed by atoms with Crippen LogP contribution in [-0.2, 0) is 21.1 Å². The normalized spacial score (nSPS) is 10.7. The maximum Gasteiger partial charge on any atom is 2.00 e. The standard InChI is InChI=1S/C9H13N3.C9H10N.U/c1-10-8-6-4-5-7-9(8)11(2)12(10)3;1-3-10(2)9-7-5-4-6-8-9;/h4-7H,1-3H3;4-7H,1-2H3;/q+2;-1;+2. The van der Waals surface area contributed by atoms with E-state index in [1.807, 2.05) is 49.9 Å². The molecule has 0 spiro atoms. The van der Waals surface area contributed by atoms with Crippen LogP contribution >= 0.6 is 0 Å². The van der Waals surface area contributed by atoms with Crippen molar-refractivity contribution in [2.75, 3.05) is 7.05 Å². The molecule has 0 N–H and O–H groups in total. The van der Waals surface area contributed by atoms with Crippen molar-refractivity contribution >= 4 is 22.9 Å². The van der Waals surface area contributed by atoms with Crippen LogP contribution in [-0.4, -0.2) is 22.6 Å². The second kappa shape index (κ2) is 9.00. The van der Waals surface area contributed by atoms with Crippen molar-refractivity contribution in [3.8, 4) is 0 Å². The molecule has 0 saturated carbocycles. The number of benzene rings is 2. The van der Waals surface area contributed by atoms with Crippen LogP contribution in [0.25, 0.3) is 11.0 Å². The minimum atomic E-state index is 0. The average molecular weight is 533 g/mol. The molecule has 0 radical (unpaired) electrons. The van der Waals surface area contributed by atoms with Crippen LogP contribution in [0.5, 0.6) is 0 Å². The zero-order valence-corrected chi connectivity index (χ0v) is 18.6. The minimum absolute atomic E-state index is 0. The fourth-order valence-corrected chi connectivity index (χ4v) is 2.24. The number of rotatable bonds is 1. The van der Waals surface area contributed by atoms with E-state index in [0.717, 1.165) is 5.69 Å². The van der Waals surface area contributed by atoms with Crippen molar-refractivity contribution in [1.29, 1.82) is 0 Å². The number of aromatic nitrogens is 3. The molecule has 0 bridgehead atoms. The summed E-state index contributed by atoms with van der Waals surface area (Å²) in [5, 5.41) is 0. The molecule has 4 nitrogen and oxygen atoms in total. The molecule has 0 amide bonds. The summed E-state index contributed by atoms with van der Waals surface area (Å²) in [7, 11) is 8.11. The van der Waals surface area contributed by atoms with Gasteiger partial charge in [0.25, 0.3) is 0 Å². The molecule has 0 saturated heterocycles. The van der Waals surface area contributed by atoms with Crippen LogP contribution < -0.4 is 9.36 Å². The van der Waals surface area contributed by atoms with Gasteiger partial charge >= 0.3 is 42.1 Å². The van der Waals surface area contributed by atoms with Crippen LogP contribution in [0.3, 0.4) is 0 Å². The molecule has 0 unspecified atom stereocenters. The van der Waals surface area contributed by atoms with Gasteiger partial charge in [0.2, 0.25) is 0 Å². The maximum atomic E-state index is 3.08. The van der Waals surface area contributed by atoms with Gasteiger partial charge in [-0.15, -0.1) is 0 Å². The Kier molecular flexibility index (Phi) is 7.68. The Morgan fingerprint density at radius 1 is 1.00 bits per heavy atom. The molecule has 3 rings (SSSR count). The summed E-state index contributed by atoms with van der Waals surface area (Å²) in [5.74, 6) is 0. The van der Waals surface area contributed by atoms with Gasteiger partial charge in [-0.2, -0.15) is 24.3 Å². The SMILES string of the molecule is C[C-]=[N+](C)c1[c-]cccc1.Cn1[n+](C)c2ccccc2[n+]1C.[U+2]. The Balaban J connectivity index is 0.000000224. The third kappa shape index (κ3) is 4.53. The summed E-state index contributed by atoms with van der Waals surface area (Å²) < 4.78 is 6.14. The van der Waals surface area contributed by atoms with Crippen LogP contribution in [0.2, 0.25) is 0 Å². The summed E-state index contributed by atoms with van der Waals surface area (Å²) in [6.45, 7) is 1.88. The van der Waals surface area contributed by atoms with Crippen molar-refractivity contribution in [3.63, 3.8) is 0 Å². The van der Waals surface area contributed by atoms with Crippen molar-refractivity contribution in [2.24, 2.45) is 21.1 Å².